The van der Waals surface area contributed by atoms with Gasteiger partial charge in [-0.1, -0.05) is 0 Å². The van der Waals surface area contributed by atoms with Gasteiger partial charge in [-0.3, -0.25) is 4.98 Å². The third-order valence-corrected chi connectivity index (χ3v) is 4.14. The highest BCUT2D eigenvalue weighted by atomic mass is 16.5. The van der Waals surface area contributed by atoms with E-state index in [1.165, 1.54) is 0 Å². The lowest BCUT2D eigenvalue weighted by molar-refractivity contribution is 0.217. The molecule has 142 valence electrons. The van der Waals surface area contributed by atoms with Crippen molar-refractivity contribution in [1.29, 1.82) is 0 Å². The minimum atomic E-state index is -0.203. The number of hydrogen-bond acceptors (Lipinski definition) is 6. The largest absolute Gasteiger partial charge is 0.493 e. The van der Waals surface area contributed by atoms with E-state index in [1.54, 1.807) is 32.4 Å². The number of hydrogen-bond donors (Lipinski definition) is 2. The third kappa shape index (κ3) is 4.33. The number of aromatic nitrogens is 1. The lowest BCUT2D eigenvalue weighted by Gasteiger charge is -2.21. The molecule has 0 saturated heterocycles. The number of carbonyl (C=O) groups excluding carboxylic acids is 1. The lowest BCUT2D eigenvalue weighted by atomic mass is 10.1. The van der Waals surface area contributed by atoms with Gasteiger partial charge in [-0.2, -0.15) is 0 Å². The van der Waals surface area contributed by atoms with Gasteiger partial charge in [0, 0.05) is 37.5 Å². The predicted molar refractivity (Wildman–Crippen MR) is 103 cm³/mol. The average molecular weight is 361 g/mol. The number of methoxy groups -OCH3 is 2. The molecule has 8 heteroatoms. The van der Waals surface area contributed by atoms with Crippen molar-refractivity contribution in [2.24, 2.45) is 5.73 Å². The predicted octanol–water partition coefficient (Wildman–Crippen LogP) is 1.74. The van der Waals surface area contributed by atoms with Crippen LogP contribution in [0.5, 0.6) is 11.5 Å². The van der Waals surface area contributed by atoms with E-state index < -0.39 is 0 Å². The van der Waals surface area contributed by atoms with Gasteiger partial charge in [-0.05, 0) is 26.2 Å². The molecule has 0 spiro atoms. The second kappa shape index (κ2) is 8.68. The number of pyridine rings is 1. The van der Waals surface area contributed by atoms with E-state index in [1.807, 2.05) is 31.1 Å². The molecule has 0 aliphatic carbocycles. The van der Waals surface area contributed by atoms with Gasteiger partial charge in [0.25, 0.3) is 0 Å². The van der Waals surface area contributed by atoms with Gasteiger partial charge in [-0.25, -0.2) is 4.79 Å². The second-order valence-electron chi connectivity index (χ2n) is 6.23. The van der Waals surface area contributed by atoms with E-state index in [2.05, 4.69) is 10.3 Å². The molecule has 0 atom stereocenters. The van der Waals surface area contributed by atoms with Crippen LogP contribution >= 0.6 is 0 Å². The Morgan fingerprint density at radius 3 is 2.27 bits per heavy atom. The van der Waals surface area contributed by atoms with Crippen molar-refractivity contribution in [3.8, 4) is 11.5 Å². The Morgan fingerprint density at radius 2 is 1.73 bits per heavy atom. The van der Waals surface area contributed by atoms with Crippen LogP contribution in [0.1, 0.15) is 5.69 Å². The summed E-state index contributed by atoms with van der Waals surface area (Å²) in [6.45, 7) is 1.67. The van der Waals surface area contributed by atoms with Crippen molar-refractivity contribution in [2.45, 2.75) is 6.54 Å². The zero-order chi connectivity index (χ0) is 19.3. The Kier molecular flexibility index (Phi) is 6.59. The maximum Gasteiger partial charge on any atom is 0.321 e. The first-order valence-corrected chi connectivity index (χ1v) is 8.31. The number of ether oxygens (including phenoxy) is 2. The molecule has 2 aromatic rings. The number of fused-ring (bicyclic) bond motifs is 1. The van der Waals surface area contributed by atoms with E-state index in [0.717, 1.165) is 23.0 Å². The topological polar surface area (TPSA) is 93.0 Å². The molecule has 0 aliphatic heterocycles. The van der Waals surface area contributed by atoms with E-state index in [0.29, 0.717) is 23.7 Å². The Balaban J connectivity index is 2.39. The fourth-order valence-corrected chi connectivity index (χ4v) is 2.55. The molecule has 0 saturated carbocycles. The average Bonchev–Trinajstić information content (AvgIpc) is 2.64. The minimum Gasteiger partial charge on any atom is -0.493 e. The maximum atomic E-state index is 12.5. The van der Waals surface area contributed by atoms with Gasteiger partial charge < -0.3 is 30.3 Å². The highest BCUT2D eigenvalue weighted by Crippen LogP contribution is 2.36. The standard InChI is InChI=1S/C18H27N5O3/c1-22(2)6-7-23(3)18(24)21-15-11-20-14(10-19)12-8-16(25-4)17(26-5)9-13(12)15/h8-9,11H,6-7,10,19H2,1-5H3,(H,21,24). The lowest BCUT2D eigenvalue weighted by Crippen LogP contribution is -2.36. The summed E-state index contributed by atoms with van der Waals surface area (Å²) in [7, 11) is 8.83. The number of anilines is 1. The summed E-state index contributed by atoms with van der Waals surface area (Å²) < 4.78 is 10.7. The number of nitrogens with one attached hydrogen (secondary N) is 1. The van der Waals surface area contributed by atoms with Gasteiger partial charge in [0.05, 0.1) is 31.8 Å². The monoisotopic (exact) mass is 361 g/mol. The van der Waals surface area contributed by atoms with Crippen LogP contribution in [0.25, 0.3) is 10.8 Å². The van der Waals surface area contributed by atoms with Crippen molar-refractivity contribution >= 4 is 22.5 Å². The quantitative estimate of drug-likeness (QED) is 0.780. The van der Waals surface area contributed by atoms with Crippen molar-refractivity contribution in [3.63, 3.8) is 0 Å². The molecule has 26 heavy (non-hydrogen) atoms. The maximum absolute atomic E-state index is 12.5. The number of rotatable bonds is 7. The van der Waals surface area contributed by atoms with Crippen molar-refractivity contribution < 1.29 is 14.3 Å². The van der Waals surface area contributed by atoms with Crippen LogP contribution in [0.3, 0.4) is 0 Å². The van der Waals surface area contributed by atoms with Gasteiger partial charge in [0.2, 0.25) is 0 Å². The molecule has 3 N–H and O–H groups in total. The van der Waals surface area contributed by atoms with Crippen LogP contribution in [0, 0.1) is 0 Å². The van der Waals surface area contributed by atoms with Gasteiger partial charge in [0.15, 0.2) is 11.5 Å². The normalized spacial score (nSPS) is 10.9. The molecular weight excluding hydrogens is 334 g/mol. The molecule has 8 nitrogen and oxygen atoms in total. The van der Waals surface area contributed by atoms with Crippen LogP contribution in [0.4, 0.5) is 10.5 Å². The number of nitrogens with zero attached hydrogens (tertiary/aromatic N) is 3. The van der Waals surface area contributed by atoms with E-state index >= 15 is 0 Å². The Labute approximate surface area is 153 Å². The highest BCUT2D eigenvalue weighted by Gasteiger charge is 2.16. The molecule has 0 fully saturated rings. The first kappa shape index (κ1) is 19.7. The van der Waals surface area contributed by atoms with E-state index in [-0.39, 0.29) is 12.6 Å². The van der Waals surface area contributed by atoms with Crippen molar-refractivity contribution in [2.75, 3.05) is 53.8 Å². The van der Waals surface area contributed by atoms with Gasteiger partial charge >= 0.3 is 6.03 Å². The molecule has 1 aromatic carbocycles. The molecule has 0 aliphatic rings. The SMILES string of the molecule is COc1cc2c(NC(=O)N(C)CCN(C)C)cnc(CN)c2cc1OC. The molecule has 2 rings (SSSR count). The second-order valence-corrected chi connectivity index (χ2v) is 6.23. The number of carbonyl (C=O) groups is 1. The van der Waals surface area contributed by atoms with E-state index in [9.17, 15) is 4.79 Å². The van der Waals surface area contributed by atoms with Gasteiger partial charge in [-0.15, -0.1) is 0 Å². The Morgan fingerprint density at radius 1 is 1.12 bits per heavy atom. The number of nitrogens with two attached hydrogens (primary N) is 1. The highest BCUT2D eigenvalue weighted by molar-refractivity contribution is 6.03. The first-order valence-electron chi connectivity index (χ1n) is 8.31. The Bertz CT molecular complexity index is 779. The smallest absolute Gasteiger partial charge is 0.321 e. The number of benzene rings is 1. The minimum absolute atomic E-state index is 0.203. The summed E-state index contributed by atoms with van der Waals surface area (Å²) in [5.41, 5.74) is 7.13. The molecule has 0 bridgehead atoms. The number of urea groups is 1. The van der Waals surface area contributed by atoms with E-state index in [4.69, 9.17) is 15.2 Å². The summed E-state index contributed by atoms with van der Waals surface area (Å²) >= 11 is 0. The summed E-state index contributed by atoms with van der Waals surface area (Å²) in [4.78, 5) is 20.5. The number of likely N-dealkylation sites (N-methyl/N-ethyl adjacent to an activating group) is 2. The zero-order valence-corrected chi connectivity index (χ0v) is 16.0. The molecule has 0 unspecified atom stereocenters. The van der Waals surface area contributed by atoms with Crippen LogP contribution in [-0.4, -0.2) is 69.3 Å². The van der Waals surface area contributed by atoms with Crippen LogP contribution < -0.4 is 20.5 Å². The molecule has 1 aromatic heterocycles. The van der Waals surface area contributed by atoms with Crippen LogP contribution in [0.15, 0.2) is 18.3 Å². The van der Waals surface area contributed by atoms with Crippen LogP contribution in [-0.2, 0) is 6.54 Å². The molecular formula is C18H27N5O3. The number of amides is 2. The zero-order valence-electron chi connectivity index (χ0n) is 16.0. The van der Waals surface area contributed by atoms with Gasteiger partial charge in [0.1, 0.15) is 0 Å². The molecule has 0 radical (unpaired) electrons. The first-order chi connectivity index (χ1) is 12.4. The Hall–Kier alpha value is -2.58. The third-order valence-electron chi connectivity index (χ3n) is 4.14. The summed E-state index contributed by atoms with van der Waals surface area (Å²) in [6.07, 6.45) is 1.62. The molecule has 1 heterocycles. The summed E-state index contributed by atoms with van der Waals surface area (Å²) in [5, 5.41) is 4.53. The molecule has 2 amide bonds. The van der Waals surface area contributed by atoms with Crippen LogP contribution in [0.2, 0.25) is 0 Å². The summed E-state index contributed by atoms with van der Waals surface area (Å²) in [6, 6.07) is 3.45. The summed E-state index contributed by atoms with van der Waals surface area (Å²) in [5.74, 6) is 1.16. The fraction of sp³-hybridized carbons (Fsp3) is 0.444. The fourth-order valence-electron chi connectivity index (χ4n) is 2.55. The van der Waals surface area contributed by atoms with Crippen molar-refractivity contribution in [3.05, 3.63) is 24.0 Å². The van der Waals surface area contributed by atoms with Crippen molar-refractivity contribution in [1.82, 2.24) is 14.8 Å².